The number of nitrogens with one attached hydrogen (secondary N) is 1. The highest BCUT2D eigenvalue weighted by atomic mass is 32.2. The summed E-state index contributed by atoms with van der Waals surface area (Å²) in [5, 5.41) is 2.55. The van der Waals surface area contributed by atoms with Gasteiger partial charge in [-0.05, 0) is 42.8 Å². The Morgan fingerprint density at radius 3 is 2.42 bits per heavy atom. The maximum absolute atomic E-state index is 13.4. The number of aryl methyl sites for hydroxylation is 1. The van der Waals surface area contributed by atoms with Gasteiger partial charge in [0.1, 0.15) is 0 Å². The average Bonchev–Trinajstić information content (AvgIpc) is 2.76. The van der Waals surface area contributed by atoms with Crippen molar-refractivity contribution in [1.82, 2.24) is 0 Å². The number of carbonyl (C=O) groups excluding carboxylic acids is 1. The number of carbonyl (C=O) groups is 1. The Hall–Kier alpha value is -3.59. The number of para-hydroxylation sites is 1. The highest BCUT2D eigenvalue weighted by Crippen LogP contribution is 2.36. The van der Waals surface area contributed by atoms with Gasteiger partial charge < -0.3 is 5.32 Å². The van der Waals surface area contributed by atoms with Crippen LogP contribution in [0.2, 0.25) is 0 Å². The van der Waals surface area contributed by atoms with Crippen LogP contribution < -0.4 is 9.62 Å². The molecule has 3 aromatic carbocycles. The van der Waals surface area contributed by atoms with E-state index in [2.05, 4.69) is 5.32 Å². The van der Waals surface area contributed by atoms with Gasteiger partial charge in [0.15, 0.2) is 4.91 Å². The van der Waals surface area contributed by atoms with Crippen molar-refractivity contribution in [2.75, 3.05) is 9.62 Å². The Bertz CT molecular complexity index is 1370. The Balaban J connectivity index is 1.75. The molecule has 0 bridgehead atoms. The Morgan fingerprint density at radius 2 is 1.70 bits per heavy atom. The second kappa shape index (κ2) is 8.40. The van der Waals surface area contributed by atoms with Crippen LogP contribution in [0.4, 0.5) is 24.5 Å². The number of Topliss-reactive ketones (excluding diaryl/α,β-unsaturated/α-hetero) is 1. The zero-order valence-corrected chi connectivity index (χ0v) is 18.2. The highest BCUT2D eigenvalue weighted by molar-refractivity contribution is 7.97. The molecule has 0 radical (unpaired) electrons. The number of alkyl halides is 3. The van der Waals surface area contributed by atoms with Crippen LogP contribution in [-0.4, -0.2) is 14.2 Å². The van der Waals surface area contributed by atoms with E-state index >= 15 is 0 Å². The van der Waals surface area contributed by atoms with E-state index in [-0.39, 0.29) is 23.5 Å². The lowest BCUT2D eigenvalue weighted by molar-refractivity contribution is -0.137. The van der Waals surface area contributed by atoms with Crippen LogP contribution in [-0.2, 0) is 22.7 Å². The van der Waals surface area contributed by atoms with Gasteiger partial charge in [0.2, 0.25) is 5.78 Å². The van der Waals surface area contributed by atoms with Gasteiger partial charge >= 0.3 is 6.18 Å². The monoisotopic (exact) mass is 472 g/mol. The molecule has 0 saturated heterocycles. The van der Waals surface area contributed by atoms with Gasteiger partial charge in [-0.3, -0.25) is 9.10 Å². The molecule has 1 N–H and O–H groups in total. The van der Waals surface area contributed by atoms with Crippen LogP contribution in [0.5, 0.6) is 0 Å². The van der Waals surface area contributed by atoms with Crippen molar-refractivity contribution < 1.29 is 26.4 Å². The van der Waals surface area contributed by atoms with Crippen LogP contribution in [0.3, 0.4) is 0 Å². The van der Waals surface area contributed by atoms with Crippen molar-refractivity contribution in [3.05, 3.63) is 106 Å². The topological polar surface area (TPSA) is 66.5 Å². The first-order chi connectivity index (χ1) is 15.6. The van der Waals surface area contributed by atoms with Crippen LogP contribution >= 0.6 is 0 Å². The Morgan fingerprint density at radius 1 is 0.970 bits per heavy atom. The highest BCUT2D eigenvalue weighted by Gasteiger charge is 2.40. The molecule has 1 aliphatic heterocycles. The van der Waals surface area contributed by atoms with Crippen molar-refractivity contribution in [3.63, 3.8) is 0 Å². The van der Waals surface area contributed by atoms with Crippen molar-refractivity contribution in [3.8, 4) is 0 Å². The number of rotatable bonds is 4. The van der Waals surface area contributed by atoms with E-state index < -0.39 is 32.5 Å². The number of hydrogen-bond acceptors (Lipinski definition) is 4. The lowest BCUT2D eigenvalue weighted by atomic mass is 10.1. The molecule has 0 saturated carbocycles. The minimum Gasteiger partial charge on any atom is -0.360 e. The summed E-state index contributed by atoms with van der Waals surface area (Å²) in [6.07, 6.45) is -3.60. The second-order valence-electron chi connectivity index (χ2n) is 7.58. The summed E-state index contributed by atoms with van der Waals surface area (Å²) in [5.41, 5.74) is 1.23. The largest absolute Gasteiger partial charge is 0.416 e. The molecule has 1 heterocycles. The number of anilines is 2. The van der Waals surface area contributed by atoms with Crippen LogP contribution in [0.1, 0.15) is 27.0 Å². The standard InChI is InChI=1S/C24H19F3N2O3S/c1-16-6-4-7-17(12-16)15-29-21-11-3-2-10-20(21)23(30)22(33(29,31)32)14-28-19-9-5-8-18(13-19)24(25,26)27/h2-14,28H,15H2,1H3/b22-14+. The zero-order valence-electron chi connectivity index (χ0n) is 17.4. The van der Waals surface area contributed by atoms with E-state index in [0.29, 0.717) is 0 Å². The summed E-state index contributed by atoms with van der Waals surface area (Å²) >= 11 is 0. The first kappa shape index (κ1) is 22.6. The third-order valence-electron chi connectivity index (χ3n) is 5.18. The molecular weight excluding hydrogens is 453 g/mol. The minimum atomic E-state index is -4.55. The van der Waals surface area contributed by atoms with Crippen molar-refractivity contribution in [1.29, 1.82) is 0 Å². The van der Waals surface area contributed by atoms with Gasteiger partial charge in [0, 0.05) is 17.5 Å². The lowest BCUT2D eigenvalue weighted by Gasteiger charge is -2.31. The molecule has 170 valence electrons. The molecule has 1 aliphatic rings. The maximum Gasteiger partial charge on any atom is 0.416 e. The van der Waals surface area contributed by atoms with E-state index in [4.69, 9.17) is 0 Å². The molecular formula is C24H19F3N2O3S. The van der Waals surface area contributed by atoms with Crippen LogP contribution in [0.15, 0.2) is 83.9 Å². The van der Waals surface area contributed by atoms with Crippen molar-refractivity contribution >= 4 is 27.2 Å². The quantitative estimate of drug-likeness (QED) is 0.510. The number of nitrogens with zero attached hydrogens (tertiary/aromatic N) is 1. The van der Waals surface area contributed by atoms with Gasteiger partial charge in [0.25, 0.3) is 10.0 Å². The fourth-order valence-electron chi connectivity index (χ4n) is 3.60. The fourth-order valence-corrected chi connectivity index (χ4v) is 5.13. The van der Waals surface area contributed by atoms with Gasteiger partial charge in [-0.2, -0.15) is 13.2 Å². The third kappa shape index (κ3) is 4.49. The molecule has 4 rings (SSSR count). The van der Waals surface area contributed by atoms with Gasteiger partial charge in [0.05, 0.1) is 17.8 Å². The summed E-state index contributed by atoms with van der Waals surface area (Å²) in [5.74, 6) is -0.731. The van der Waals surface area contributed by atoms with E-state index in [9.17, 15) is 26.4 Å². The summed E-state index contributed by atoms with van der Waals surface area (Å²) in [7, 11) is -4.29. The predicted octanol–water partition coefficient (Wildman–Crippen LogP) is 5.50. The molecule has 3 aromatic rings. The molecule has 0 atom stereocenters. The zero-order chi connectivity index (χ0) is 23.8. The van der Waals surface area contributed by atoms with Gasteiger partial charge in [-0.1, -0.05) is 48.0 Å². The van der Waals surface area contributed by atoms with Crippen LogP contribution in [0.25, 0.3) is 0 Å². The molecule has 0 unspecified atom stereocenters. The number of benzene rings is 3. The molecule has 0 amide bonds. The molecule has 0 aromatic heterocycles. The van der Waals surface area contributed by atoms with Crippen LogP contribution in [0, 0.1) is 6.92 Å². The molecule has 0 spiro atoms. The first-order valence-electron chi connectivity index (χ1n) is 9.93. The number of sulfonamides is 1. The van der Waals surface area contributed by atoms with Crippen molar-refractivity contribution in [2.45, 2.75) is 19.6 Å². The average molecular weight is 472 g/mol. The number of halogens is 3. The summed E-state index contributed by atoms with van der Waals surface area (Å²) < 4.78 is 67.0. The molecule has 33 heavy (non-hydrogen) atoms. The molecule has 9 heteroatoms. The predicted molar refractivity (Wildman–Crippen MR) is 120 cm³/mol. The summed E-state index contributed by atoms with van der Waals surface area (Å²) in [4.78, 5) is 12.5. The fraction of sp³-hybridized carbons (Fsp3) is 0.125. The lowest BCUT2D eigenvalue weighted by Crippen LogP contribution is -2.39. The van der Waals surface area contributed by atoms with E-state index in [1.807, 2.05) is 25.1 Å². The Labute approximate surface area is 189 Å². The number of allylic oxidation sites excluding steroid dienone is 1. The van der Waals surface area contributed by atoms with E-state index in [1.165, 1.54) is 18.2 Å². The van der Waals surface area contributed by atoms with E-state index in [0.717, 1.165) is 33.8 Å². The SMILES string of the molecule is Cc1cccc(CN2c3ccccc3C(=O)/C(=C\Nc3cccc(C(F)(F)F)c3)S2(=O)=O)c1. The smallest absolute Gasteiger partial charge is 0.360 e. The van der Waals surface area contributed by atoms with Gasteiger partial charge in [-0.25, -0.2) is 8.42 Å². The van der Waals surface area contributed by atoms with Crippen molar-refractivity contribution in [2.24, 2.45) is 0 Å². The third-order valence-corrected chi connectivity index (χ3v) is 6.94. The summed E-state index contributed by atoms with van der Waals surface area (Å²) in [6, 6.07) is 18.0. The summed E-state index contributed by atoms with van der Waals surface area (Å²) in [6.45, 7) is 1.88. The normalized spacial score (nSPS) is 16.5. The number of fused-ring (bicyclic) bond motifs is 1. The number of hydrogen-bond donors (Lipinski definition) is 1. The molecule has 5 nitrogen and oxygen atoms in total. The molecule has 0 fully saturated rings. The first-order valence-corrected chi connectivity index (χ1v) is 11.4. The maximum atomic E-state index is 13.4. The Kier molecular flexibility index (Phi) is 5.75. The van der Waals surface area contributed by atoms with Gasteiger partial charge in [-0.15, -0.1) is 0 Å². The minimum absolute atomic E-state index is 0.00409. The van der Waals surface area contributed by atoms with E-state index in [1.54, 1.807) is 24.3 Å². The molecule has 0 aliphatic carbocycles. The second-order valence-corrected chi connectivity index (χ2v) is 9.41. The number of ketones is 1.